The lowest BCUT2D eigenvalue weighted by Gasteiger charge is -2.15. The third kappa shape index (κ3) is 3.37. The first-order valence-electron chi connectivity index (χ1n) is 5.80. The third-order valence-electron chi connectivity index (χ3n) is 2.66. The topological polar surface area (TPSA) is 80.9 Å². The molecule has 1 atom stereocenters. The number of nitrogen functional groups attached to an aromatic ring is 1. The van der Waals surface area contributed by atoms with Crippen LogP contribution in [0.1, 0.15) is 29.0 Å². The number of carbonyl (C=O) groups is 1. The summed E-state index contributed by atoms with van der Waals surface area (Å²) in [7, 11) is 0. The van der Waals surface area contributed by atoms with Crippen LogP contribution in [0.15, 0.2) is 30.6 Å². The van der Waals surface area contributed by atoms with Gasteiger partial charge in [-0.25, -0.2) is 4.98 Å². The molecule has 1 aromatic heterocycles. The van der Waals surface area contributed by atoms with Gasteiger partial charge in [0.25, 0.3) is 5.91 Å². The summed E-state index contributed by atoms with van der Waals surface area (Å²) >= 11 is 11.9. The molecule has 20 heavy (non-hydrogen) atoms. The first-order chi connectivity index (χ1) is 9.47. The standard InChI is InChI=1S/C13H12Cl2N4O/c1-7(9-3-2-8(14)4-10(9)15)18-13(20)11-5-17-6-12(16)19-11/h2-7H,1H3,(H2,16,19)(H,18,20). The highest BCUT2D eigenvalue weighted by Gasteiger charge is 2.15. The Balaban J connectivity index is 2.15. The Labute approximate surface area is 126 Å². The normalized spacial score (nSPS) is 11.9. The maximum absolute atomic E-state index is 12.0. The second-order valence-corrected chi connectivity index (χ2v) is 5.03. The van der Waals surface area contributed by atoms with Crippen molar-refractivity contribution in [3.63, 3.8) is 0 Å². The Hall–Kier alpha value is -1.85. The number of nitrogens with one attached hydrogen (secondary N) is 1. The van der Waals surface area contributed by atoms with Gasteiger partial charge in [-0.05, 0) is 24.6 Å². The van der Waals surface area contributed by atoms with E-state index in [1.165, 1.54) is 12.4 Å². The van der Waals surface area contributed by atoms with Crippen molar-refractivity contribution in [1.82, 2.24) is 15.3 Å². The quantitative estimate of drug-likeness (QED) is 0.913. The lowest BCUT2D eigenvalue weighted by molar-refractivity contribution is 0.0934. The first kappa shape index (κ1) is 14.6. The number of halogens is 2. The molecule has 5 nitrogen and oxygen atoms in total. The Kier molecular flexibility index (Phi) is 4.42. The second kappa shape index (κ2) is 6.07. The van der Waals surface area contributed by atoms with Crippen molar-refractivity contribution in [2.24, 2.45) is 0 Å². The zero-order valence-electron chi connectivity index (χ0n) is 10.6. The van der Waals surface area contributed by atoms with E-state index >= 15 is 0 Å². The van der Waals surface area contributed by atoms with Crippen LogP contribution in [0, 0.1) is 0 Å². The maximum Gasteiger partial charge on any atom is 0.272 e. The number of hydrogen-bond acceptors (Lipinski definition) is 4. The van der Waals surface area contributed by atoms with Crippen molar-refractivity contribution in [3.8, 4) is 0 Å². The highest BCUT2D eigenvalue weighted by Crippen LogP contribution is 2.26. The predicted molar refractivity (Wildman–Crippen MR) is 78.8 cm³/mol. The minimum Gasteiger partial charge on any atom is -0.382 e. The van der Waals surface area contributed by atoms with Crippen LogP contribution in [0.3, 0.4) is 0 Å². The molecule has 104 valence electrons. The number of nitrogens with zero attached hydrogens (tertiary/aromatic N) is 2. The second-order valence-electron chi connectivity index (χ2n) is 4.19. The molecule has 0 saturated heterocycles. The summed E-state index contributed by atoms with van der Waals surface area (Å²) in [4.78, 5) is 19.7. The Bertz CT molecular complexity index is 648. The fourth-order valence-corrected chi connectivity index (χ4v) is 2.26. The number of rotatable bonds is 3. The zero-order chi connectivity index (χ0) is 14.7. The SMILES string of the molecule is CC(NC(=O)c1cncc(N)n1)c1ccc(Cl)cc1Cl. The molecule has 1 amide bonds. The van der Waals surface area contributed by atoms with Gasteiger partial charge in [-0.2, -0.15) is 0 Å². The largest absolute Gasteiger partial charge is 0.382 e. The van der Waals surface area contributed by atoms with E-state index < -0.39 is 0 Å². The van der Waals surface area contributed by atoms with Crippen LogP contribution in [0.25, 0.3) is 0 Å². The van der Waals surface area contributed by atoms with Crippen LogP contribution in [0.2, 0.25) is 10.0 Å². The van der Waals surface area contributed by atoms with E-state index in [9.17, 15) is 4.79 Å². The van der Waals surface area contributed by atoms with Gasteiger partial charge in [0.1, 0.15) is 11.5 Å². The summed E-state index contributed by atoms with van der Waals surface area (Å²) in [5, 5.41) is 3.81. The molecule has 7 heteroatoms. The summed E-state index contributed by atoms with van der Waals surface area (Å²) in [6, 6.07) is 4.81. The van der Waals surface area contributed by atoms with E-state index in [1.807, 2.05) is 6.92 Å². The smallest absolute Gasteiger partial charge is 0.272 e. The summed E-state index contributed by atoms with van der Waals surface area (Å²) in [5.74, 6) is -0.182. The number of aromatic nitrogens is 2. The van der Waals surface area contributed by atoms with Crippen LogP contribution in [-0.2, 0) is 0 Å². The summed E-state index contributed by atoms with van der Waals surface area (Å²) in [6.45, 7) is 1.81. The van der Waals surface area contributed by atoms with Crippen LogP contribution in [-0.4, -0.2) is 15.9 Å². The van der Waals surface area contributed by atoms with Crippen LogP contribution in [0.5, 0.6) is 0 Å². The number of hydrogen-bond donors (Lipinski definition) is 2. The van der Waals surface area contributed by atoms with Gasteiger partial charge in [0, 0.05) is 10.0 Å². The number of carbonyl (C=O) groups excluding carboxylic acids is 1. The summed E-state index contributed by atoms with van der Waals surface area (Å²) in [5.41, 5.74) is 6.41. The summed E-state index contributed by atoms with van der Waals surface area (Å²) in [6.07, 6.45) is 2.72. The number of amides is 1. The van der Waals surface area contributed by atoms with Gasteiger partial charge in [0.15, 0.2) is 0 Å². The Morgan fingerprint density at radius 1 is 1.35 bits per heavy atom. The van der Waals surface area contributed by atoms with E-state index in [4.69, 9.17) is 28.9 Å². The monoisotopic (exact) mass is 310 g/mol. The van der Waals surface area contributed by atoms with E-state index in [2.05, 4.69) is 15.3 Å². The highest BCUT2D eigenvalue weighted by atomic mass is 35.5. The lowest BCUT2D eigenvalue weighted by atomic mass is 10.1. The molecule has 0 fully saturated rings. The molecule has 0 aliphatic carbocycles. The van der Waals surface area contributed by atoms with E-state index in [-0.39, 0.29) is 23.5 Å². The van der Waals surface area contributed by atoms with Crippen LogP contribution >= 0.6 is 23.2 Å². The van der Waals surface area contributed by atoms with Crippen molar-refractivity contribution in [2.45, 2.75) is 13.0 Å². The molecule has 0 spiro atoms. The molecule has 2 aromatic rings. The van der Waals surface area contributed by atoms with Gasteiger partial charge in [-0.15, -0.1) is 0 Å². The van der Waals surface area contributed by atoms with Gasteiger partial charge < -0.3 is 11.1 Å². The van der Waals surface area contributed by atoms with Gasteiger partial charge >= 0.3 is 0 Å². The molecule has 0 aliphatic rings. The van der Waals surface area contributed by atoms with Crippen molar-refractivity contribution >= 4 is 34.9 Å². The Morgan fingerprint density at radius 2 is 2.10 bits per heavy atom. The van der Waals surface area contributed by atoms with Gasteiger partial charge in [0.05, 0.1) is 18.4 Å². The van der Waals surface area contributed by atoms with Crippen molar-refractivity contribution in [2.75, 3.05) is 5.73 Å². The lowest BCUT2D eigenvalue weighted by Crippen LogP contribution is -2.28. The van der Waals surface area contributed by atoms with Crippen LogP contribution in [0.4, 0.5) is 5.82 Å². The number of nitrogens with two attached hydrogens (primary N) is 1. The number of anilines is 1. The molecule has 1 unspecified atom stereocenters. The highest BCUT2D eigenvalue weighted by molar-refractivity contribution is 6.35. The first-order valence-corrected chi connectivity index (χ1v) is 6.56. The zero-order valence-corrected chi connectivity index (χ0v) is 12.1. The van der Waals surface area contributed by atoms with Gasteiger partial charge in [-0.3, -0.25) is 9.78 Å². The maximum atomic E-state index is 12.0. The van der Waals surface area contributed by atoms with E-state index in [1.54, 1.807) is 18.2 Å². The van der Waals surface area contributed by atoms with Crippen molar-refractivity contribution < 1.29 is 4.79 Å². The Morgan fingerprint density at radius 3 is 2.75 bits per heavy atom. The molecule has 1 aromatic carbocycles. The van der Waals surface area contributed by atoms with Crippen molar-refractivity contribution in [3.05, 3.63) is 51.9 Å². The molecule has 3 N–H and O–H groups in total. The molecule has 0 saturated carbocycles. The molecule has 0 aliphatic heterocycles. The van der Waals surface area contributed by atoms with E-state index in [0.29, 0.717) is 10.0 Å². The fraction of sp³-hybridized carbons (Fsp3) is 0.154. The van der Waals surface area contributed by atoms with Crippen molar-refractivity contribution in [1.29, 1.82) is 0 Å². The summed E-state index contributed by atoms with van der Waals surface area (Å²) < 4.78 is 0. The average molecular weight is 311 g/mol. The third-order valence-corrected chi connectivity index (χ3v) is 3.22. The van der Waals surface area contributed by atoms with Crippen LogP contribution < -0.4 is 11.1 Å². The van der Waals surface area contributed by atoms with E-state index in [0.717, 1.165) is 5.56 Å². The minimum absolute atomic E-state index is 0.155. The molecule has 2 rings (SSSR count). The fourth-order valence-electron chi connectivity index (χ4n) is 1.69. The molecular formula is C13H12Cl2N4O. The molecule has 0 radical (unpaired) electrons. The minimum atomic E-state index is -0.372. The van der Waals surface area contributed by atoms with Gasteiger partial charge in [0.2, 0.25) is 0 Å². The number of benzene rings is 1. The predicted octanol–water partition coefficient (Wildman–Crippen LogP) is 2.86. The average Bonchev–Trinajstić information content (AvgIpc) is 2.38. The molecule has 0 bridgehead atoms. The molecular weight excluding hydrogens is 299 g/mol. The van der Waals surface area contributed by atoms with Gasteiger partial charge in [-0.1, -0.05) is 29.3 Å². The molecule has 1 heterocycles.